The Kier molecular flexibility index (Phi) is 7.34. The molecule has 1 aromatic heterocycles. The number of pyridine rings is 1. The van der Waals surface area contributed by atoms with Crippen LogP contribution in [0.2, 0.25) is 0 Å². The number of anilines is 1. The Labute approximate surface area is 221 Å². The molecule has 1 saturated carbocycles. The third-order valence-corrected chi connectivity index (χ3v) is 8.43. The predicted octanol–water partition coefficient (Wildman–Crippen LogP) is 3.23. The second-order valence-electron chi connectivity index (χ2n) is 10.7. The maximum Gasteiger partial charge on any atom is 0.416 e. The Bertz CT molecular complexity index is 1110. The van der Waals surface area contributed by atoms with Crippen LogP contribution in [-0.2, 0) is 20.4 Å². The summed E-state index contributed by atoms with van der Waals surface area (Å²) in [7, 11) is 1.49. The summed E-state index contributed by atoms with van der Waals surface area (Å²) in [6, 6.07) is 0.311. The molecule has 1 aliphatic carbocycles. The van der Waals surface area contributed by atoms with Crippen molar-refractivity contribution in [3.63, 3.8) is 0 Å². The van der Waals surface area contributed by atoms with Crippen molar-refractivity contribution in [2.24, 2.45) is 10.4 Å². The Morgan fingerprint density at radius 3 is 2.67 bits per heavy atom. The number of amides is 1. The molecule has 14 heteroatoms. The number of carbonyl (C=O) groups excluding carboxylic acids is 1. The summed E-state index contributed by atoms with van der Waals surface area (Å²) in [6.45, 7) is 0.875. The van der Waals surface area contributed by atoms with Crippen LogP contribution in [0.3, 0.4) is 0 Å². The number of piperazine rings is 1. The number of aliphatic hydroxyl groups excluding tert-OH is 1. The molecule has 216 valence electrons. The van der Waals surface area contributed by atoms with Crippen LogP contribution in [0.4, 0.5) is 32.2 Å². The lowest BCUT2D eigenvalue weighted by Gasteiger charge is -2.42. The third-order valence-electron chi connectivity index (χ3n) is 8.43. The lowest BCUT2D eigenvalue weighted by atomic mass is 9.77. The minimum Gasteiger partial charge on any atom is -0.383 e. The zero-order valence-corrected chi connectivity index (χ0v) is 21.2. The van der Waals surface area contributed by atoms with Gasteiger partial charge in [-0.2, -0.15) is 26.3 Å². The van der Waals surface area contributed by atoms with Gasteiger partial charge in [0.05, 0.1) is 42.3 Å². The summed E-state index contributed by atoms with van der Waals surface area (Å²) in [5, 5.41) is 10.5. The first-order valence-corrected chi connectivity index (χ1v) is 12.9. The molecule has 3 aliphatic heterocycles. The molecule has 0 spiro atoms. The van der Waals surface area contributed by atoms with Crippen LogP contribution in [0.1, 0.15) is 37.7 Å². The Morgan fingerprint density at radius 2 is 2.03 bits per heavy atom. The fourth-order valence-corrected chi connectivity index (χ4v) is 6.48. The number of likely N-dealkylation sites (tertiary alicyclic amines) is 1. The highest BCUT2D eigenvalue weighted by Gasteiger charge is 2.62. The van der Waals surface area contributed by atoms with E-state index in [1.807, 2.05) is 0 Å². The normalized spacial score (nSPS) is 33.3. The molecule has 6 unspecified atom stereocenters. The van der Waals surface area contributed by atoms with E-state index in [0.29, 0.717) is 25.2 Å². The van der Waals surface area contributed by atoms with Crippen LogP contribution in [0.25, 0.3) is 0 Å². The number of ether oxygens (including phenoxy) is 2. The van der Waals surface area contributed by atoms with E-state index in [2.05, 4.69) is 9.98 Å². The fourth-order valence-electron chi connectivity index (χ4n) is 6.48. The first kappa shape index (κ1) is 28.1. The molecule has 0 aromatic carbocycles. The molecule has 4 heterocycles. The van der Waals surface area contributed by atoms with E-state index in [-0.39, 0.29) is 44.8 Å². The molecule has 6 atom stereocenters. The SMILES string of the molecule is COC1COCCC1=NC1CCC(C(=O)N2CC3CC2CN3c2cc(C(F)(F)F)ccn2)(C(O)C(F)(F)F)C1. The zero-order valence-electron chi connectivity index (χ0n) is 21.2. The summed E-state index contributed by atoms with van der Waals surface area (Å²) in [5.74, 6) is -0.676. The highest BCUT2D eigenvalue weighted by molar-refractivity contribution is 5.90. The van der Waals surface area contributed by atoms with Gasteiger partial charge < -0.3 is 24.4 Å². The van der Waals surface area contributed by atoms with Gasteiger partial charge in [0, 0.05) is 38.5 Å². The summed E-state index contributed by atoms with van der Waals surface area (Å²) in [5.41, 5.74) is -2.28. The number of nitrogens with zero attached hydrogens (tertiary/aromatic N) is 4. The van der Waals surface area contributed by atoms with Crippen molar-refractivity contribution < 1.29 is 45.7 Å². The van der Waals surface area contributed by atoms with Crippen molar-refractivity contribution in [1.82, 2.24) is 9.88 Å². The monoisotopic (exact) mass is 564 g/mol. The number of aliphatic imine (C=N–C) groups is 1. The molecule has 0 radical (unpaired) electrons. The molecule has 3 saturated heterocycles. The average Bonchev–Trinajstić information content (AvgIpc) is 3.62. The number of fused-ring (bicyclic) bond motifs is 2. The van der Waals surface area contributed by atoms with Crippen molar-refractivity contribution >= 4 is 17.4 Å². The van der Waals surface area contributed by atoms with Gasteiger partial charge in [-0.1, -0.05) is 0 Å². The second kappa shape index (κ2) is 10.2. The minimum absolute atomic E-state index is 0.0377. The van der Waals surface area contributed by atoms with Gasteiger partial charge >= 0.3 is 12.4 Å². The minimum atomic E-state index is -5.02. The molecule has 39 heavy (non-hydrogen) atoms. The van der Waals surface area contributed by atoms with Crippen LogP contribution in [0.15, 0.2) is 23.3 Å². The maximum absolute atomic E-state index is 13.9. The summed E-state index contributed by atoms with van der Waals surface area (Å²) < 4.78 is 92.0. The highest BCUT2D eigenvalue weighted by Crippen LogP contribution is 2.50. The van der Waals surface area contributed by atoms with E-state index in [9.17, 15) is 36.2 Å². The Morgan fingerprint density at radius 1 is 1.26 bits per heavy atom. The van der Waals surface area contributed by atoms with Crippen molar-refractivity contribution in [3.05, 3.63) is 23.9 Å². The number of carbonyl (C=O) groups is 1. The number of rotatable bonds is 5. The van der Waals surface area contributed by atoms with Crippen LogP contribution < -0.4 is 4.90 Å². The van der Waals surface area contributed by atoms with Gasteiger partial charge in [0.25, 0.3) is 0 Å². The summed E-state index contributed by atoms with van der Waals surface area (Å²) >= 11 is 0. The zero-order chi connectivity index (χ0) is 28.2. The maximum atomic E-state index is 13.9. The molecular formula is C25H30F6N4O4. The molecule has 4 aliphatic rings. The lowest BCUT2D eigenvalue weighted by Crippen LogP contribution is -2.58. The number of hydrogen-bond acceptors (Lipinski definition) is 7. The largest absolute Gasteiger partial charge is 0.416 e. The quantitative estimate of drug-likeness (QED) is 0.553. The van der Waals surface area contributed by atoms with E-state index < -0.39 is 59.6 Å². The van der Waals surface area contributed by atoms with Crippen LogP contribution in [0.5, 0.6) is 0 Å². The van der Waals surface area contributed by atoms with Crippen molar-refractivity contribution in [3.8, 4) is 0 Å². The van der Waals surface area contributed by atoms with Crippen LogP contribution in [0, 0.1) is 5.41 Å². The van der Waals surface area contributed by atoms with Crippen molar-refractivity contribution in [1.29, 1.82) is 0 Å². The third kappa shape index (κ3) is 5.22. The van der Waals surface area contributed by atoms with Gasteiger partial charge in [0.2, 0.25) is 5.91 Å². The van der Waals surface area contributed by atoms with Gasteiger partial charge in [0.1, 0.15) is 11.9 Å². The molecule has 8 nitrogen and oxygen atoms in total. The number of hydrogen-bond donors (Lipinski definition) is 1. The van der Waals surface area contributed by atoms with Gasteiger partial charge in [-0.05, 0) is 37.8 Å². The number of methoxy groups -OCH3 is 1. The van der Waals surface area contributed by atoms with E-state index in [1.54, 1.807) is 4.90 Å². The number of halogens is 6. The number of aliphatic hydroxyl groups is 1. The van der Waals surface area contributed by atoms with Crippen molar-refractivity contribution in [2.75, 3.05) is 38.3 Å². The molecule has 4 fully saturated rings. The van der Waals surface area contributed by atoms with Gasteiger partial charge in [-0.15, -0.1) is 0 Å². The molecule has 1 aromatic rings. The first-order chi connectivity index (χ1) is 18.3. The smallest absolute Gasteiger partial charge is 0.383 e. The number of aromatic nitrogens is 1. The summed E-state index contributed by atoms with van der Waals surface area (Å²) in [6.07, 6.45) is -11.2. The Hall–Kier alpha value is -2.45. The highest BCUT2D eigenvalue weighted by atomic mass is 19.4. The van der Waals surface area contributed by atoms with Gasteiger partial charge in [-0.3, -0.25) is 9.79 Å². The molecule has 1 amide bonds. The molecule has 1 N–H and O–H groups in total. The molecular weight excluding hydrogens is 534 g/mol. The second-order valence-corrected chi connectivity index (χ2v) is 10.7. The molecule has 2 bridgehead atoms. The van der Waals surface area contributed by atoms with E-state index in [1.165, 1.54) is 12.0 Å². The van der Waals surface area contributed by atoms with Crippen molar-refractivity contribution in [2.45, 2.75) is 74.8 Å². The average molecular weight is 565 g/mol. The Balaban J connectivity index is 1.35. The standard InChI is InChI=1S/C25H30F6N4O4/c1-38-19-13-39-7-4-18(19)33-15-2-5-23(10-15,21(36)25(29,30)31)22(37)35-12-16-9-17(35)11-34(16)20-8-14(3-6-32-20)24(26,27)28/h3,6,8,15-17,19,21,36H,2,4-5,7,9-13H2,1H3. The fraction of sp³-hybridized carbons (Fsp3) is 0.720. The van der Waals surface area contributed by atoms with Crippen LogP contribution >= 0.6 is 0 Å². The molecule has 5 rings (SSSR count). The van der Waals surface area contributed by atoms with Gasteiger partial charge in [-0.25, -0.2) is 4.98 Å². The number of alkyl halides is 6. The first-order valence-electron chi connectivity index (χ1n) is 12.9. The van der Waals surface area contributed by atoms with E-state index in [4.69, 9.17) is 9.47 Å². The predicted molar refractivity (Wildman–Crippen MR) is 126 cm³/mol. The van der Waals surface area contributed by atoms with E-state index >= 15 is 0 Å². The van der Waals surface area contributed by atoms with Crippen LogP contribution in [-0.4, -0.2) is 96.5 Å². The lowest BCUT2D eigenvalue weighted by molar-refractivity contribution is -0.239. The van der Waals surface area contributed by atoms with Gasteiger partial charge in [0.15, 0.2) is 6.10 Å². The summed E-state index contributed by atoms with van der Waals surface area (Å²) in [4.78, 5) is 25.5. The topological polar surface area (TPSA) is 87.5 Å². The van der Waals surface area contributed by atoms with E-state index in [0.717, 1.165) is 18.3 Å².